The summed E-state index contributed by atoms with van der Waals surface area (Å²) in [5, 5.41) is 13.3. The number of hydrogen-bond acceptors (Lipinski definition) is 4. The molecule has 104 valence electrons. The Bertz CT molecular complexity index is 625. The maximum atomic E-state index is 9.95. The van der Waals surface area contributed by atoms with Gasteiger partial charge in [-0.3, -0.25) is 0 Å². The van der Waals surface area contributed by atoms with Gasteiger partial charge in [0.15, 0.2) is 11.5 Å². The molecule has 0 bridgehead atoms. The lowest BCUT2D eigenvalue weighted by molar-refractivity contribution is 0.174. The first-order valence-corrected chi connectivity index (χ1v) is 6.61. The van der Waals surface area contributed by atoms with E-state index in [-0.39, 0.29) is 0 Å². The normalized spacial score (nSPS) is 12.7. The van der Waals surface area contributed by atoms with Crippen LogP contribution in [0.2, 0.25) is 0 Å². The van der Waals surface area contributed by atoms with Crippen molar-refractivity contribution in [3.63, 3.8) is 0 Å². The van der Waals surface area contributed by atoms with E-state index in [4.69, 9.17) is 9.47 Å². The Labute approximate surface area is 118 Å². The molecule has 20 heavy (non-hydrogen) atoms. The Kier molecular flexibility index (Phi) is 3.48. The fraction of sp³-hybridized carbons (Fsp3) is 0.250. The molecule has 0 aliphatic carbocycles. The van der Waals surface area contributed by atoms with Crippen molar-refractivity contribution >= 4 is 0 Å². The molecule has 0 aromatic heterocycles. The highest BCUT2D eigenvalue weighted by atomic mass is 16.7. The molecule has 3 rings (SSSR count). The highest BCUT2D eigenvalue weighted by molar-refractivity contribution is 5.44. The van der Waals surface area contributed by atoms with E-state index >= 15 is 0 Å². The number of aromatic hydroxyl groups is 1. The van der Waals surface area contributed by atoms with Crippen LogP contribution in [-0.4, -0.2) is 11.9 Å². The molecule has 0 saturated carbocycles. The molecule has 0 unspecified atom stereocenters. The van der Waals surface area contributed by atoms with Gasteiger partial charge >= 0.3 is 0 Å². The van der Waals surface area contributed by atoms with Gasteiger partial charge in [0.25, 0.3) is 0 Å². The number of para-hydroxylation sites is 1. The van der Waals surface area contributed by atoms with Gasteiger partial charge in [-0.05, 0) is 30.2 Å². The summed E-state index contributed by atoms with van der Waals surface area (Å²) in [7, 11) is 0. The molecule has 1 aliphatic rings. The van der Waals surface area contributed by atoms with Crippen molar-refractivity contribution in [1.82, 2.24) is 5.32 Å². The van der Waals surface area contributed by atoms with Crippen molar-refractivity contribution in [2.24, 2.45) is 0 Å². The summed E-state index contributed by atoms with van der Waals surface area (Å²) in [6.07, 6.45) is 0. The fourth-order valence-electron chi connectivity index (χ4n) is 2.25. The third kappa shape index (κ3) is 2.56. The van der Waals surface area contributed by atoms with Crippen molar-refractivity contribution < 1.29 is 14.6 Å². The number of phenols is 1. The molecule has 2 aromatic carbocycles. The Hall–Kier alpha value is -2.20. The average molecular weight is 271 g/mol. The van der Waals surface area contributed by atoms with Crippen molar-refractivity contribution in [3.05, 3.63) is 53.1 Å². The molecule has 0 spiro atoms. The lowest BCUT2D eigenvalue weighted by Gasteiger charge is -2.09. The minimum atomic E-state index is 0.295. The van der Waals surface area contributed by atoms with E-state index in [9.17, 15) is 5.11 Å². The van der Waals surface area contributed by atoms with Gasteiger partial charge in [-0.2, -0.15) is 0 Å². The number of ether oxygens (including phenoxy) is 2. The first kappa shape index (κ1) is 12.8. The Morgan fingerprint density at radius 3 is 2.85 bits per heavy atom. The second-order valence-electron chi connectivity index (χ2n) is 4.87. The number of rotatable bonds is 4. The Morgan fingerprint density at radius 2 is 1.95 bits per heavy atom. The Balaban J connectivity index is 1.61. The van der Waals surface area contributed by atoms with Crippen LogP contribution < -0.4 is 14.8 Å². The molecule has 1 aliphatic heterocycles. The lowest BCUT2D eigenvalue weighted by Crippen LogP contribution is -2.12. The zero-order valence-electron chi connectivity index (χ0n) is 11.3. The average Bonchev–Trinajstić information content (AvgIpc) is 2.91. The molecular weight excluding hydrogens is 254 g/mol. The van der Waals surface area contributed by atoms with E-state index in [0.29, 0.717) is 25.6 Å². The molecule has 0 fully saturated rings. The largest absolute Gasteiger partial charge is 0.507 e. The molecule has 2 N–H and O–H groups in total. The zero-order valence-corrected chi connectivity index (χ0v) is 11.3. The van der Waals surface area contributed by atoms with Crippen LogP contribution >= 0.6 is 0 Å². The second-order valence-corrected chi connectivity index (χ2v) is 4.87. The minimum Gasteiger partial charge on any atom is -0.507 e. The van der Waals surface area contributed by atoms with Crippen LogP contribution in [0.1, 0.15) is 16.7 Å². The van der Waals surface area contributed by atoms with Crippen LogP contribution in [0.4, 0.5) is 0 Å². The summed E-state index contributed by atoms with van der Waals surface area (Å²) < 4.78 is 10.6. The van der Waals surface area contributed by atoms with E-state index in [1.54, 1.807) is 0 Å². The monoisotopic (exact) mass is 271 g/mol. The maximum Gasteiger partial charge on any atom is 0.231 e. The summed E-state index contributed by atoms with van der Waals surface area (Å²) in [5.41, 5.74) is 2.93. The van der Waals surface area contributed by atoms with Crippen molar-refractivity contribution in [1.29, 1.82) is 0 Å². The molecule has 4 nitrogen and oxygen atoms in total. The van der Waals surface area contributed by atoms with Gasteiger partial charge in [0.2, 0.25) is 6.79 Å². The molecule has 2 aromatic rings. The highest BCUT2D eigenvalue weighted by Gasteiger charge is 2.12. The molecule has 4 heteroatoms. The number of phenolic OH excluding ortho intramolecular Hbond substituents is 1. The summed E-state index contributed by atoms with van der Waals surface area (Å²) in [6.45, 7) is 3.53. The van der Waals surface area contributed by atoms with Crippen molar-refractivity contribution in [2.45, 2.75) is 20.0 Å². The van der Waals surface area contributed by atoms with E-state index < -0.39 is 0 Å². The molecular formula is C16H17NO3. The van der Waals surface area contributed by atoms with Gasteiger partial charge in [0.1, 0.15) is 5.75 Å². The van der Waals surface area contributed by atoms with Gasteiger partial charge in [0.05, 0.1) is 0 Å². The molecule has 0 atom stereocenters. The van der Waals surface area contributed by atoms with Crippen molar-refractivity contribution in [2.75, 3.05) is 6.79 Å². The van der Waals surface area contributed by atoms with E-state index in [2.05, 4.69) is 5.32 Å². The number of fused-ring (bicyclic) bond motifs is 1. The van der Waals surface area contributed by atoms with Crippen LogP contribution in [-0.2, 0) is 13.1 Å². The first-order chi connectivity index (χ1) is 9.74. The summed E-state index contributed by atoms with van der Waals surface area (Å²) in [4.78, 5) is 0. The van der Waals surface area contributed by atoms with Gasteiger partial charge in [-0.15, -0.1) is 0 Å². The second kappa shape index (κ2) is 5.43. The summed E-state index contributed by atoms with van der Waals surface area (Å²) in [6, 6.07) is 11.7. The lowest BCUT2D eigenvalue weighted by atomic mass is 10.1. The summed E-state index contributed by atoms with van der Waals surface area (Å²) >= 11 is 0. The highest BCUT2D eigenvalue weighted by Crippen LogP contribution is 2.32. The third-order valence-corrected chi connectivity index (χ3v) is 3.40. The van der Waals surface area contributed by atoms with Gasteiger partial charge in [0, 0.05) is 18.7 Å². The molecule has 0 saturated heterocycles. The van der Waals surface area contributed by atoms with Crippen molar-refractivity contribution in [3.8, 4) is 17.2 Å². The van der Waals surface area contributed by atoms with Gasteiger partial charge in [-0.1, -0.05) is 24.3 Å². The SMILES string of the molecule is Cc1cccc(CNCc2ccc3c(c2)OCO3)c1O. The van der Waals surface area contributed by atoms with Crippen LogP contribution in [0.5, 0.6) is 17.2 Å². The molecule has 1 heterocycles. The number of nitrogens with one attached hydrogen (secondary N) is 1. The molecule has 0 amide bonds. The summed E-state index contributed by atoms with van der Waals surface area (Å²) in [5.74, 6) is 1.96. The number of benzene rings is 2. The maximum absolute atomic E-state index is 9.95. The van der Waals surface area contributed by atoms with Crippen LogP contribution in [0.15, 0.2) is 36.4 Å². The molecule has 0 radical (unpaired) electrons. The first-order valence-electron chi connectivity index (χ1n) is 6.61. The Morgan fingerprint density at radius 1 is 1.10 bits per heavy atom. The third-order valence-electron chi connectivity index (χ3n) is 3.40. The van der Waals surface area contributed by atoms with Gasteiger partial charge in [-0.25, -0.2) is 0 Å². The van der Waals surface area contributed by atoms with Gasteiger partial charge < -0.3 is 19.9 Å². The van der Waals surface area contributed by atoms with Crippen LogP contribution in [0.25, 0.3) is 0 Å². The quantitative estimate of drug-likeness (QED) is 0.897. The zero-order chi connectivity index (χ0) is 13.9. The number of hydrogen-bond donors (Lipinski definition) is 2. The van der Waals surface area contributed by atoms with Crippen LogP contribution in [0, 0.1) is 6.92 Å². The predicted molar refractivity (Wildman–Crippen MR) is 76.0 cm³/mol. The topological polar surface area (TPSA) is 50.7 Å². The van der Waals surface area contributed by atoms with E-state index in [0.717, 1.165) is 28.2 Å². The smallest absolute Gasteiger partial charge is 0.231 e. The van der Waals surface area contributed by atoms with E-state index in [1.165, 1.54) is 0 Å². The predicted octanol–water partition coefficient (Wildman–Crippen LogP) is 2.72. The fourth-order valence-corrected chi connectivity index (χ4v) is 2.25. The van der Waals surface area contributed by atoms with Crippen LogP contribution in [0.3, 0.4) is 0 Å². The standard InChI is InChI=1S/C16H17NO3/c1-11-3-2-4-13(16(11)18)9-17-8-12-5-6-14-15(7-12)20-10-19-14/h2-7,17-18H,8-10H2,1H3. The number of aryl methyl sites for hydroxylation is 1. The van der Waals surface area contributed by atoms with E-state index in [1.807, 2.05) is 43.3 Å². The minimum absolute atomic E-state index is 0.295.